The van der Waals surface area contributed by atoms with Gasteiger partial charge >= 0.3 is 6.03 Å². The number of nitrogens with one attached hydrogen (secondary N) is 1. The lowest BCUT2D eigenvalue weighted by Gasteiger charge is -2.39. The lowest BCUT2D eigenvalue weighted by molar-refractivity contribution is -0.00545. The molecule has 2 bridgehead atoms. The van der Waals surface area contributed by atoms with E-state index in [0.29, 0.717) is 11.6 Å². The Hall–Kier alpha value is -2.94. The van der Waals surface area contributed by atoms with Gasteiger partial charge in [0.05, 0.1) is 30.1 Å². The van der Waals surface area contributed by atoms with Crippen molar-refractivity contribution in [3.05, 3.63) is 30.7 Å². The molecule has 5 rings (SSSR count). The van der Waals surface area contributed by atoms with E-state index < -0.39 is 0 Å². The van der Waals surface area contributed by atoms with Crippen LogP contribution in [0.1, 0.15) is 20.3 Å². The van der Waals surface area contributed by atoms with E-state index in [1.54, 1.807) is 23.5 Å². The second-order valence-corrected chi connectivity index (χ2v) is 7.95. The van der Waals surface area contributed by atoms with Gasteiger partial charge in [0.15, 0.2) is 11.6 Å². The quantitative estimate of drug-likeness (QED) is 0.833. The molecule has 0 aromatic carbocycles. The Morgan fingerprint density at radius 2 is 1.97 bits per heavy atom. The van der Waals surface area contributed by atoms with Gasteiger partial charge in [-0.2, -0.15) is 0 Å². The number of anilines is 4. The first-order chi connectivity index (χ1) is 14.1. The average molecular weight is 395 g/mol. The summed E-state index contributed by atoms with van der Waals surface area (Å²) in [6, 6.07) is 4.03. The number of pyridine rings is 1. The molecule has 152 valence electrons. The molecule has 1 N–H and O–H groups in total. The Morgan fingerprint density at radius 3 is 2.72 bits per heavy atom. The van der Waals surface area contributed by atoms with Crippen LogP contribution < -0.4 is 20.0 Å². The van der Waals surface area contributed by atoms with E-state index >= 15 is 0 Å². The second kappa shape index (κ2) is 7.14. The number of carbonyl (C=O) groups excluding carboxylic acids is 1. The van der Waals surface area contributed by atoms with E-state index in [1.165, 1.54) is 0 Å². The van der Waals surface area contributed by atoms with Gasteiger partial charge in [-0.1, -0.05) is 0 Å². The van der Waals surface area contributed by atoms with Crippen molar-refractivity contribution in [2.45, 2.75) is 38.5 Å². The van der Waals surface area contributed by atoms with E-state index in [2.05, 4.69) is 51.1 Å². The SMILES string of the molecule is C[C@@H]1CN(c2ccc3c(n2)N(C(=O)Nc2cnccn2)C2CCN3C2)C[C@@H](C)O1. The molecule has 2 fully saturated rings. The van der Waals surface area contributed by atoms with Gasteiger partial charge in [0, 0.05) is 38.6 Å². The second-order valence-electron chi connectivity index (χ2n) is 7.95. The monoisotopic (exact) mass is 395 g/mol. The highest BCUT2D eigenvalue weighted by Gasteiger charge is 2.40. The third-order valence-corrected chi connectivity index (χ3v) is 5.70. The molecule has 9 nitrogen and oxygen atoms in total. The molecule has 5 heterocycles. The molecule has 0 saturated carbocycles. The fourth-order valence-electron chi connectivity index (χ4n) is 4.54. The van der Waals surface area contributed by atoms with Crippen molar-refractivity contribution in [3.8, 4) is 0 Å². The summed E-state index contributed by atoms with van der Waals surface area (Å²) in [6.45, 7) is 7.48. The van der Waals surface area contributed by atoms with Crippen molar-refractivity contribution in [1.82, 2.24) is 15.0 Å². The van der Waals surface area contributed by atoms with Crippen LogP contribution in [0.4, 0.5) is 27.9 Å². The average Bonchev–Trinajstić information content (AvgIpc) is 3.12. The van der Waals surface area contributed by atoms with Gasteiger partial charge in [0.25, 0.3) is 0 Å². The zero-order valence-corrected chi connectivity index (χ0v) is 16.7. The molecule has 3 aliphatic rings. The van der Waals surface area contributed by atoms with Crippen LogP contribution in [0.3, 0.4) is 0 Å². The number of urea groups is 1. The van der Waals surface area contributed by atoms with Gasteiger partial charge in [-0.15, -0.1) is 0 Å². The maximum atomic E-state index is 13.2. The molecule has 9 heteroatoms. The lowest BCUT2D eigenvalue weighted by atomic mass is 10.1. The number of ether oxygens (including phenoxy) is 1. The highest BCUT2D eigenvalue weighted by Crippen LogP contribution is 2.40. The van der Waals surface area contributed by atoms with Crippen molar-refractivity contribution in [2.24, 2.45) is 0 Å². The molecule has 2 aromatic rings. The molecule has 0 spiro atoms. The summed E-state index contributed by atoms with van der Waals surface area (Å²) in [6.07, 6.45) is 5.91. The third-order valence-electron chi connectivity index (χ3n) is 5.70. The van der Waals surface area contributed by atoms with Crippen LogP contribution in [0.5, 0.6) is 0 Å². The third kappa shape index (κ3) is 3.35. The molecule has 29 heavy (non-hydrogen) atoms. The minimum absolute atomic E-state index is 0.101. The first-order valence-electron chi connectivity index (χ1n) is 10.1. The van der Waals surface area contributed by atoms with Crippen molar-refractivity contribution in [1.29, 1.82) is 0 Å². The number of fused-ring (bicyclic) bond motifs is 4. The number of hydrogen-bond acceptors (Lipinski definition) is 7. The normalized spacial score (nSPS) is 25.7. The fraction of sp³-hybridized carbons (Fsp3) is 0.500. The van der Waals surface area contributed by atoms with Crippen molar-refractivity contribution >= 4 is 29.2 Å². The van der Waals surface area contributed by atoms with E-state index in [9.17, 15) is 4.79 Å². The van der Waals surface area contributed by atoms with Crippen LogP contribution in [0.25, 0.3) is 0 Å². The van der Waals surface area contributed by atoms with Crippen LogP contribution >= 0.6 is 0 Å². The van der Waals surface area contributed by atoms with E-state index in [-0.39, 0.29) is 24.3 Å². The van der Waals surface area contributed by atoms with Crippen LogP contribution in [0.15, 0.2) is 30.7 Å². The molecule has 2 amide bonds. The van der Waals surface area contributed by atoms with Gasteiger partial charge < -0.3 is 14.5 Å². The van der Waals surface area contributed by atoms with Crippen LogP contribution in [-0.4, -0.2) is 65.4 Å². The molecule has 3 aliphatic heterocycles. The van der Waals surface area contributed by atoms with Crippen LogP contribution in [0, 0.1) is 0 Å². The van der Waals surface area contributed by atoms with Crippen molar-refractivity contribution in [2.75, 3.05) is 46.2 Å². The smallest absolute Gasteiger partial charge is 0.329 e. The number of rotatable bonds is 2. The number of nitrogens with zero attached hydrogens (tertiary/aromatic N) is 6. The zero-order valence-electron chi connectivity index (χ0n) is 16.7. The molecule has 2 saturated heterocycles. The Morgan fingerprint density at radius 1 is 1.14 bits per heavy atom. The van der Waals surface area contributed by atoms with Gasteiger partial charge in [0.2, 0.25) is 0 Å². The first-order valence-corrected chi connectivity index (χ1v) is 10.1. The standard InChI is InChI=1S/C20H25N7O2/c1-13-10-26(11-14(2)29-13)18-4-3-16-19(24-18)27(15-5-8-25(16)12-15)20(28)23-17-9-21-6-7-22-17/h3-4,6-7,9,13-15H,5,8,10-12H2,1-2H3,(H,22,23,28)/t13-,14-,15?/m1/s1. The predicted octanol–water partition coefficient (Wildman–Crippen LogP) is 2.12. The number of aromatic nitrogens is 3. The molecule has 0 aliphatic carbocycles. The minimum atomic E-state index is -0.216. The summed E-state index contributed by atoms with van der Waals surface area (Å²) < 4.78 is 5.86. The Balaban J connectivity index is 1.47. The molecule has 0 radical (unpaired) electrons. The Labute approximate surface area is 169 Å². The molecule has 1 unspecified atom stereocenters. The van der Waals surface area contributed by atoms with Gasteiger partial charge in [-0.25, -0.2) is 14.8 Å². The van der Waals surface area contributed by atoms with Crippen LogP contribution in [-0.2, 0) is 4.74 Å². The molecule has 2 aromatic heterocycles. The van der Waals surface area contributed by atoms with E-state index in [1.807, 2.05) is 0 Å². The van der Waals surface area contributed by atoms with Crippen molar-refractivity contribution < 1.29 is 9.53 Å². The highest BCUT2D eigenvalue weighted by atomic mass is 16.5. The summed E-state index contributed by atoms with van der Waals surface area (Å²) in [4.78, 5) is 32.7. The maximum absolute atomic E-state index is 13.2. The number of carbonyl (C=O) groups is 1. The minimum Gasteiger partial charge on any atom is -0.372 e. The highest BCUT2D eigenvalue weighted by molar-refractivity contribution is 6.04. The fourth-order valence-corrected chi connectivity index (χ4v) is 4.54. The molecular weight excluding hydrogens is 370 g/mol. The summed E-state index contributed by atoms with van der Waals surface area (Å²) >= 11 is 0. The zero-order chi connectivity index (χ0) is 20.0. The first kappa shape index (κ1) is 18.1. The van der Waals surface area contributed by atoms with Gasteiger partial charge in [-0.3, -0.25) is 15.2 Å². The van der Waals surface area contributed by atoms with Gasteiger partial charge in [0.1, 0.15) is 5.82 Å². The van der Waals surface area contributed by atoms with Crippen molar-refractivity contribution in [3.63, 3.8) is 0 Å². The number of amides is 2. The molecular formula is C20H25N7O2. The number of morpholine rings is 1. The summed E-state index contributed by atoms with van der Waals surface area (Å²) in [5, 5.41) is 2.87. The predicted molar refractivity (Wildman–Crippen MR) is 111 cm³/mol. The lowest BCUT2D eigenvalue weighted by Crippen LogP contribution is -2.49. The van der Waals surface area contributed by atoms with Crippen LogP contribution in [0.2, 0.25) is 0 Å². The maximum Gasteiger partial charge on any atom is 0.329 e. The number of hydrogen-bond donors (Lipinski definition) is 1. The summed E-state index contributed by atoms with van der Waals surface area (Å²) in [5.74, 6) is 2.03. The summed E-state index contributed by atoms with van der Waals surface area (Å²) in [5.41, 5.74) is 1.01. The molecule has 3 atom stereocenters. The van der Waals surface area contributed by atoms with E-state index in [4.69, 9.17) is 9.72 Å². The topological polar surface area (TPSA) is 86.7 Å². The largest absolute Gasteiger partial charge is 0.372 e. The Kier molecular flexibility index (Phi) is 4.46. The Bertz CT molecular complexity index is 899. The summed E-state index contributed by atoms with van der Waals surface area (Å²) in [7, 11) is 0. The van der Waals surface area contributed by atoms with Gasteiger partial charge in [-0.05, 0) is 32.4 Å². The van der Waals surface area contributed by atoms with E-state index in [0.717, 1.165) is 44.1 Å².